The van der Waals surface area contributed by atoms with Gasteiger partial charge in [0.2, 0.25) is 0 Å². The van der Waals surface area contributed by atoms with Crippen molar-refractivity contribution in [3.8, 4) is 0 Å². The monoisotopic (exact) mass is 338 g/mol. The van der Waals surface area contributed by atoms with Crippen LogP contribution in [0.5, 0.6) is 0 Å². The van der Waals surface area contributed by atoms with Gasteiger partial charge in [-0.2, -0.15) is 0 Å². The van der Waals surface area contributed by atoms with Gasteiger partial charge in [-0.05, 0) is 18.2 Å². The number of carbonyl (C=O) groups is 2. The van der Waals surface area contributed by atoms with E-state index in [0.717, 1.165) is 0 Å². The molecule has 0 aliphatic carbocycles. The third kappa shape index (κ3) is 6.21. The first-order chi connectivity index (χ1) is 11.7. The summed E-state index contributed by atoms with van der Waals surface area (Å²) in [5, 5.41) is 0. The Kier molecular flexibility index (Phi) is 9.55. The Morgan fingerprint density at radius 3 is 2.25 bits per heavy atom. The van der Waals surface area contributed by atoms with Crippen molar-refractivity contribution in [1.29, 1.82) is 0 Å². The van der Waals surface area contributed by atoms with Gasteiger partial charge in [0, 0.05) is 14.2 Å². The molecule has 0 N–H and O–H groups in total. The predicted molar refractivity (Wildman–Crippen MR) is 85.4 cm³/mol. The number of ether oxygens (including phenoxy) is 5. The summed E-state index contributed by atoms with van der Waals surface area (Å²) in [5.41, 5.74) is 0.371. The van der Waals surface area contributed by atoms with Crippen molar-refractivity contribution in [2.45, 2.75) is 18.3 Å². The van der Waals surface area contributed by atoms with Crippen LogP contribution in [0.3, 0.4) is 0 Å². The lowest BCUT2D eigenvalue weighted by atomic mass is 10.1. The van der Waals surface area contributed by atoms with Crippen LogP contribution in [0.15, 0.2) is 43.0 Å². The smallest absolute Gasteiger partial charge is 0.338 e. The third-order valence-corrected chi connectivity index (χ3v) is 3.02. The van der Waals surface area contributed by atoms with E-state index >= 15 is 0 Å². The number of hydrogen-bond donors (Lipinski definition) is 0. The van der Waals surface area contributed by atoms with E-state index in [1.165, 1.54) is 20.3 Å². The van der Waals surface area contributed by atoms with Gasteiger partial charge < -0.3 is 28.5 Å². The van der Waals surface area contributed by atoms with E-state index in [-0.39, 0.29) is 13.6 Å². The molecule has 0 aliphatic heterocycles. The molecule has 1 rings (SSSR count). The fourth-order valence-electron chi connectivity index (χ4n) is 1.90. The SMILES string of the molecule is C=C[C@@H](OC(=O)c1ccccc1)[C@H](OCOC)[C@H](C=O)OCOC. The summed E-state index contributed by atoms with van der Waals surface area (Å²) in [6.07, 6.45) is -0.950. The highest BCUT2D eigenvalue weighted by Crippen LogP contribution is 2.15. The zero-order chi connectivity index (χ0) is 17.8. The zero-order valence-corrected chi connectivity index (χ0v) is 13.8. The number of hydrogen-bond acceptors (Lipinski definition) is 7. The normalized spacial score (nSPS) is 14.4. The average molecular weight is 338 g/mol. The molecule has 0 radical (unpaired) electrons. The molecule has 7 nitrogen and oxygen atoms in total. The molecular weight excluding hydrogens is 316 g/mol. The van der Waals surface area contributed by atoms with Crippen LogP contribution in [-0.4, -0.2) is 58.4 Å². The second kappa shape index (κ2) is 11.5. The van der Waals surface area contributed by atoms with E-state index in [0.29, 0.717) is 11.8 Å². The van der Waals surface area contributed by atoms with Gasteiger partial charge in [-0.25, -0.2) is 4.79 Å². The lowest BCUT2D eigenvalue weighted by molar-refractivity contribution is -0.178. The Labute approximate surface area is 141 Å². The van der Waals surface area contributed by atoms with E-state index < -0.39 is 24.3 Å². The van der Waals surface area contributed by atoms with Crippen LogP contribution < -0.4 is 0 Å². The standard InChI is InChI=1S/C17H22O7/c1-4-14(24-17(19)13-8-6-5-7-9-13)16(23-12-21-3)15(10-18)22-11-20-2/h4-10,14-16H,1,11-12H2,2-3H3/t14-,15+,16+/m1/s1. The number of benzene rings is 1. The quantitative estimate of drug-likeness (QED) is 0.248. The fraction of sp³-hybridized carbons (Fsp3) is 0.412. The molecule has 3 atom stereocenters. The lowest BCUT2D eigenvalue weighted by Gasteiger charge is -2.28. The van der Waals surface area contributed by atoms with E-state index in [1.54, 1.807) is 30.3 Å². The van der Waals surface area contributed by atoms with E-state index in [9.17, 15) is 9.59 Å². The first-order valence-electron chi connectivity index (χ1n) is 7.22. The van der Waals surface area contributed by atoms with Crippen LogP contribution in [-0.2, 0) is 28.5 Å². The molecule has 0 aliphatic rings. The maximum absolute atomic E-state index is 12.2. The zero-order valence-electron chi connectivity index (χ0n) is 13.8. The van der Waals surface area contributed by atoms with Crippen LogP contribution in [0.25, 0.3) is 0 Å². The molecule has 1 aromatic rings. The van der Waals surface area contributed by atoms with Crippen molar-refractivity contribution in [2.75, 3.05) is 27.8 Å². The minimum absolute atomic E-state index is 0.113. The van der Waals surface area contributed by atoms with Crippen LogP contribution in [0.4, 0.5) is 0 Å². The van der Waals surface area contributed by atoms with Crippen molar-refractivity contribution < 1.29 is 33.3 Å². The van der Waals surface area contributed by atoms with Gasteiger partial charge in [0.15, 0.2) is 6.29 Å². The summed E-state index contributed by atoms with van der Waals surface area (Å²) in [7, 11) is 2.86. The number of carbonyl (C=O) groups excluding carboxylic acids is 2. The largest absolute Gasteiger partial charge is 0.452 e. The summed E-state index contributed by atoms with van der Waals surface area (Å²) >= 11 is 0. The summed E-state index contributed by atoms with van der Waals surface area (Å²) in [6.45, 7) is 3.40. The van der Waals surface area contributed by atoms with Crippen molar-refractivity contribution in [2.24, 2.45) is 0 Å². The second-order valence-corrected chi connectivity index (χ2v) is 4.68. The van der Waals surface area contributed by atoms with Crippen LogP contribution in [0.1, 0.15) is 10.4 Å². The molecule has 0 saturated carbocycles. The number of esters is 1. The van der Waals surface area contributed by atoms with Gasteiger partial charge in [0.05, 0.1) is 5.56 Å². The van der Waals surface area contributed by atoms with Gasteiger partial charge in [-0.15, -0.1) is 0 Å². The van der Waals surface area contributed by atoms with E-state index in [4.69, 9.17) is 23.7 Å². The van der Waals surface area contributed by atoms with Gasteiger partial charge in [0.1, 0.15) is 31.9 Å². The van der Waals surface area contributed by atoms with Gasteiger partial charge >= 0.3 is 5.97 Å². The highest BCUT2D eigenvalue weighted by Gasteiger charge is 2.32. The van der Waals surface area contributed by atoms with Crippen molar-refractivity contribution in [3.63, 3.8) is 0 Å². The molecule has 0 spiro atoms. The van der Waals surface area contributed by atoms with E-state index in [2.05, 4.69) is 6.58 Å². The first kappa shape index (κ1) is 20.0. The molecule has 0 saturated heterocycles. The molecule has 132 valence electrons. The molecule has 0 bridgehead atoms. The molecule has 0 aromatic heterocycles. The van der Waals surface area contributed by atoms with Crippen LogP contribution in [0, 0.1) is 0 Å². The summed E-state index contributed by atoms with van der Waals surface area (Å²) in [6, 6.07) is 8.45. The molecular formula is C17H22O7. The van der Waals surface area contributed by atoms with Crippen molar-refractivity contribution in [1.82, 2.24) is 0 Å². The van der Waals surface area contributed by atoms with E-state index in [1.807, 2.05) is 0 Å². The van der Waals surface area contributed by atoms with Crippen molar-refractivity contribution in [3.05, 3.63) is 48.6 Å². The Bertz CT molecular complexity index is 503. The Hall–Kier alpha value is -2.06. The van der Waals surface area contributed by atoms with Crippen molar-refractivity contribution >= 4 is 12.3 Å². The Balaban J connectivity index is 2.88. The van der Waals surface area contributed by atoms with Crippen LogP contribution in [0.2, 0.25) is 0 Å². The fourth-order valence-corrected chi connectivity index (χ4v) is 1.90. The lowest BCUT2D eigenvalue weighted by Crippen LogP contribution is -2.44. The average Bonchev–Trinajstić information content (AvgIpc) is 2.63. The molecule has 0 unspecified atom stereocenters. The highest BCUT2D eigenvalue weighted by atomic mass is 16.7. The van der Waals surface area contributed by atoms with Gasteiger partial charge in [-0.1, -0.05) is 24.8 Å². The molecule has 0 heterocycles. The number of methoxy groups -OCH3 is 2. The van der Waals surface area contributed by atoms with Crippen LogP contribution >= 0.6 is 0 Å². The summed E-state index contributed by atoms with van der Waals surface area (Å²) in [5.74, 6) is -0.567. The molecule has 0 amide bonds. The second-order valence-electron chi connectivity index (χ2n) is 4.68. The molecule has 24 heavy (non-hydrogen) atoms. The maximum Gasteiger partial charge on any atom is 0.338 e. The first-order valence-corrected chi connectivity index (χ1v) is 7.22. The highest BCUT2D eigenvalue weighted by molar-refractivity contribution is 5.89. The molecule has 1 aromatic carbocycles. The van der Waals surface area contributed by atoms with Gasteiger partial charge in [-0.3, -0.25) is 0 Å². The minimum atomic E-state index is -1.02. The number of aldehydes is 1. The maximum atomic E-state index is 12.2. The number of rotatable bonds is 12. The summed E-state index contributed by atoms with van der Waals surface area (Å²) < 4.78 is 25.7. The molecule has 7 heteroatoms. The Morgan fingerprint density at radius 2 is 1.71 bits per heavy atom. The molecule has 0 fully saturated rings. The van der Waals surface area contributed by atoms with Gasteiger partial charge in [0.25, 0.3) is 0 Å². The summed E-state index contributed by atoms with van der Waals surface area (Å²) in [4.78, 5) is 23.5. The predicted octanol–water partition coefficient (Wildman–Crippen LogP) is 1.58. The topological polar surface area (TPSA) is 80.3 Å². The minimum Gasteiger partial charge on any atom is -0.452 e. The Morgan fingerprint density at radius 1 is 1.08 bits per heavy atom. The third-order valence-electron chi connectivity index (χ3n) is 3.02.